The van der Waals surface area contributed by atoms with Crippen molar-refractivity contribution in [3.8, 4) is 18.1 Å². The lowest BCUT2D eigenvalue weighted by Gasteiger charge is -2.19. The molecule has 1 aromatic rings. The van der Waals surface area contributed by atoms with E-state index in [2.05, 4.69) is 16.0 Å². The summed E-state index contributed by atoms with van der Waals surface area (Å²) in [6.07, 6.45) is 4.03. The van der Waals surface area contributed by atoms with Gasteiger partial charge in [-0.3, -0.25) is 4.79 Å². The van der Waals surface area contributed by atoms with E-state index >= 15 is 0 Å². The summed E-state index contributed by atoms with van der Waals surface area (Å²) >= 11 is 0. The number of aliphatic hydroxyl groups is 1. The lowest BCUT2D eigenvalue weighted by Crippen LogP contribution is -2.48. The van der Waals surface area contributed by atoms with Gasteiger partial charge in [0.25, 0.3) is 5.91 Å². The third-order valence-corrected chi connectivity index (χ3v) is 2.63. The first kappa shape index (κ1) is 15.5. The topological polar surface area (TPSA) is 95.9 Å². The molecule has 0 heterocycles. The molecule has 0 spiro atoms. The van der Waals surface area contributed by atoms with Gasteiger partial charge in [-0.2, -0.15) is 0 Å². The van der Waals surface area contributed by atoms with Gasteiger partial charge in [0.1, 0.15) is 5.75 Å². The largest absolute Gasteiger partial charge is 0.507 e. The predicted molar refractivity (Wildman–Crippen MR) is 71.0 cm³/mol. The Morgan fingerprint density at radius 2 is 2.10 bits per heavy atom. The number of phenolic OH excluding ortho intramolecular Hbond substituents is 1. The van der Waals surface area contributed by atoms with Crippen LogP contribution in [-0.4, -0.2) is 41.3 Å². The second kappa shape index (κ2) is 6.59. The molecular formula is C14H15NO5. The van der Waals surface area contributed by atoms with Gasteiger partial charge in [-0.1, -0.05) is 5.92 Å². The van der Waals surface area contributed by atoms with Gasteiger partial charge in [-0.05, 0) is 25.1 Å². The third-order valence-electron chi connectivity index (χ3n) is 2.63. The smallest absolute Gasteiger partial charge is 0.331 e. The summed E-state index contributed by atoms with van der Waals surface area (Å²) in [6, 6.07) is 2.84. The zero-order chi connectivity index (χ0) is 15.3. The molecule has 2 unspecified atom stereocenters. The molecule has 6 heteroatoms. The number of amides is 1. The minimum absolute atomic E-state index is 0.0569. The molecule has 1 rings (SSSR count). The first-order chi connectivity index (χ1) is 9.40. The average Bonchev–Trinajstić information content (AvgIpc) is 2.43. The molecule has 2 atom stereocenters. The third kappa shape index (κ3) is 3.49. The first-order valence-electron chi connectivity index (χ1n) is 5.77. The van der Waals surface area contributed by atoms with Gasteiger partial charge in [0.05, 0.1) is 18.8 Å². The summed E-state index contributed by atoms with van der Waals surface area (Å²) in [5.41, 5.74) is 0.359. The monoisotopic (exact) mass is 277 g/mol. The number of nitrogens with one attached hydrogen (secondary N) is 1. The van der Waals surface area contributed by atoms with Crippen LogP contribution in [0.15, 0.2) is 18.2 Å². The highest BCUT2D eigenvalue weighted by Gasteiger charge is 2.27. The van der Waals surface area contributed by atoms with Gasteiger partial charge in [-0.15, -0.1) is 6.42 Å². The minimum atomic E-state index is -1.22. The zero-order valence-corrected chi connectivity index (χ0v) is 11.1. The van der Waals surface area contributed by atoms with Gasteiger partial charge < -0.3 is 20.3 Å². The summed E-state index contributed by atoms with van der Waals surface area (Å²) in [5.74, 6) is 0.497. The maximum atomic E-state index is 12.0. The molecule has 106 valence electrons. The molecule has 0 aliphatic carbocycles. The second-order valence-corrected chi connectivity index (χ2v) is 4.09. The van der Waals surface area contributed by atoms with Crippen LogP contribution < -0.4 is 5.32 Å². The normalized spacial score (nSPS) is 12.9. The fraction of sp³-hybridized carbons (Fsp3) is 0.286. The zero-order valence-electron chi connectivity index (χ0n) is 11.1. The van der Waals surface area contributed by atoms with Gasteiger partial charge >= 0.3 is 5.97 Å². The predicted octanol–water partition coefficient (Wildman–Crippen LogP) is 0.0257. The van der Waals surface area contributed by atoms with Crippen LogP contribution in [0.2, 0.25) is 0 Å². The molecule has 0 fully saturated rings. The van der Waals surface area contributed by atoms with Crippen molar-refractivity contribution in [1.82, 2.24) is 5.32 Å². The number of aromatic hydroxyl groups is 1. The van der Waals surface area contributed by atoms with Crippen molar-refractivity contribution in [2.45, 2.75) is 19.1 Å². The van der Waals surface area contributed by atoms with Crippen LogP contribution in [0.1, 0.15) is 22.8 Å². The summed E-state index contributed by atoms with van der Waals surface area (Å²) in [5, 5.41) is 21.4. The van der Waals surface area contributed by atoms with E-state index in [9.17, 15) is 19.8 Å². The van der Waals surface area contributed by atoms with Crippen molar-refractivity contribution in [2.24, 2.45) is 0 Å². The van der Waals surface area contributed by atoms with Crippen LogP contribution in [0.3, 0.4) is 0 Å². The Morgan fingerprint density at radius 3 is 2.55 bits per heavy atom. The van der Waals surface area contributed by atoms with Crippen LogP contribution in [0, 0.1) is 12.3 Å². The number of aliphatic hydroxyl groups excluding tert-OH is 1. The number of hydrogen-bond donors (Lipinski definition) is 3. The lowest BCUT2D eigenvalue weighted by molar-refractivity contribution is -0.145. The molecule has 0 bridgehead atoms. The standard InChI is InChI=1S/C14H15NO5/c1-4-9-5-6-10(11(17)7-9)13(18)15-12(8(2)16)14(19)20-3/h1,5-8,12,16-17H,2-3H3,(H,15,18). The van der Waals surface area contributed by atoms with E-state index in [1.165, 1.54) is 25.1 Å². The summed E-state index contributed by atoms with van der Waals surface area (Å²) < 4.78 is 4.47. The molecule has 0 aliphatic heterocycles. The Labute approximate surface area is 116 Å². The molecule has 1 aromatic carbocycles. The Hall–Kier alpha value is -2.52. The van der Waals surface area contributed by atoms with Crippen LogP contribution in [-0.2, 0) is 9.53 Å². The second-order valence-electron chi connectivity index (χ2n) is 4.09. The number of phenols is 1. The number of terminal acetylenes is 1. The Kier molecular flexibility index (Phi) is 5.12. The number of esters is 1. The van der Waals surface area contributed by atoms with Gasteiger partial charge in [0.2, 0.25) is 0 Å². The van der Waals surface area contributed by atoms with Crippen LogP contribution in [0.25, 0.3) is 0 Å². The number of methoxy groups -OCH3 is 1. The molecule has 0 aliphatic rings. The summed E-state index contributed by atoms with van der Waals surface area (Å²) in [4.78, 5) is 23.4. The maximum Gasteiger partial charge on any atom is 0.331 e. The van der Waals surface area contributed by atoms with Crippen molar-refractivity contribution in [1.29, 1.82) is 0 Å². The quantitative estimate of drug-likeness (QED) is 0.533. The highest BCUT2D eigenvalue weighted by molar-refractivity contribution is 5.99. The molecule has 0 saturated carbocycles. The van der Waals surface area contributed by atoms with Crippen LogP contribution in [0.5, 0.6) is 5.75 Å². The average molecular weight is 277 g/mol. The van der Waals surface area contributed by atoms with Crippen LogP contribution in [0.4, 0.5) is 0 Å². The van der Waals surface area contributed by atoms with Crippen molar-refractivity contribution < 1.29 is 24.5 Å². The van der Waals surface area contributed by atoms with Gasteiger partial charge in [0.15, 0.2) is 6.04 Å². The van der Waals surface area contributed by atoms with Crippen molar-refractivity contribution in [2.75, 3.05) is 7.11 Å². The van der Waals surface area contributed by atoms with Gasteiger partial charge in [0, 0.05) is 5.56 Å². The van der Waals surface area contributed by atoms with E-state index in [-0.39, 0.29) is 11.3 Å². The lowest BCUT2D eigenvalue weighted by atomic mass is 10.1. The summed E-state index contributed by atoms with van der Waals surface area (Å²) in [7, 11) is 1.14. The Bertz CT molecular complexity index is 559. The van der Waals surface area contributed by atoms with Crippen molar-refractivity contribution >= 4 is 11.9 Å². The first-order valence-corrected chi connectivity index (χ1v) is 5.77. The fourth-order valence-corrected chi connectivity index (χ4v) is 1.54. The van der Waals surface area contributed by atoms with E-state index in [4.69, 9.17) is 6.42 Å². The van der Waals surface area contributed by atoms with E-state index in [1.807, 2.05) is 0 Å². The van der Waals surface area contributed by atoms with E-state index in [1.54, 1.807) is 0 Å². The molecule has 6 nitrogen and oxygen atoms in total. The summed E-state index contributed by atoms with van der Waals surface area (Å²) in [6.45, 7) is 1.34. The number of benzene rings is 1. The van der Waals surface area contributed by atoms with E-state index < -0.39 is 24.0 Å². The number of carbonyl (C=O) groups excluding carboxylic acids is 2. The molecule has 0 radical (unpaired) electrons. The maximum absolute atomic E-state index is 12.0. The number of hydrogen-bond acceptors (Lipinski definition) is 5. The SMILES string of the molecule is C#Cc1ccc(C(=O)NC(C(=O)OC)C(C)O)c(O)c1. The highest BCUT2D eigenvalue weighted by Crippen LogP contribution is 2.18. The Morgan fingerprint density at radius 1 is 1.45 bits per heavy atom. The number of ether oxygens (including phenoxy) is 1. The fourth-order valence-electron chi connectivity index (χ4n) is 1.54. The van der Waals surface area contributed by atoms with Crippen molar-refractivity contribution in [3.05, 3.63) is 29.3 Å². The van der Waals surface area contributed by atoms with Gasteiger partial charge in [-0.25, -0.2) is 4.79 Å². The van der Waals surface area contributed by atoms with Crippen LogP contribution >= 0.6 is 0 Å². The van der Waals surface area contributed by atoms with E-state index in [0.717, 1.165) is 7.11 Å². The highest BCUT2D eigenvalue weighted by atomic mass is 16.5. The molecular weight excluding hydrogens is 262 g/mol. The van der Waals surface area contributed by atoms with E-state index in [0.29, 0.717) is 5.56 Å². The number of rotatable bonds is 4. The molecule has 0 saturated heterocycles. The molecule has 1 amide bonds. The molecule has 3 N–H and O–H groups in total. The molecule has 20 heavy (non-hydrogen) atoms. The minimum Gasteiger partial charge on any atom is -0.507 e. The van der Waals surface area contributed by atoms with Crippen molar-refractivity contribution in [3.63, 3.8) is 0 Å². The number of carbonyl (C=O) groups is 2. The molecule has 0 aromatic heterocycles. The Balaban J connectivity index is 2.95.